The number of benzene rings is 2. The highest BCUT2D eigenvalue weighted by atomic mass is 16.5. The summed E-state index contributed by atoms with van der Waals surface area (Å²) in [5.41, 5.74) is 1.79. The lowest BCUT2D eigenvalue weighted by Crippen LogP contribution is -2.07. The van der Waals surface area contributed by atoms with Gasteiger partial charge < -0.3 is 4.74 Å². The molecule has 0 radical (unpaired) electrons. The maximum Gasteiger partial charge on any atom is 0.333 e. The van der Waals surface area contributed by atoms with Crippen LogP contribution in [0.15, 0.2) is 54.6 Å². The predicted molar refractivity (Wildman–Crippen MR) is 87.4 cm³/mol. The van der Waals surface area contributed by atoms with Crippen molar-refractivity contribution in [2.75, 3.05) is 6.61 Å². The molecule has 1 atom stereocenters. The molecule has 2 nitrogen and oxygen atoms in total. The molecule has 110 valence electrons. The van der Waals surface area contributed by atoms with Crippen molar-refractivity contribution in [1.29, 1.82) is 0 Å². The summed E-state index contributed by atoms with van der Waals surface area (Å²) in [4.78, 5) is 11.3. The molecule has 0 saturated heterocycles. The normalized spacial score (nSPS) is 12.1. The molecule has 0 heterocycles. The maximum atomic E-state index is 11.3. The van der Waals surface area contributed by atoms with Gasteiger partial charge >= 0.3 is 5.97 Å². The number of hydrogen-bond acceptors (Lipinski definition) is 2. The van der Waals surface area contributed by atoms with Gasteiger partial charge in [-0.25, -0.2) is 4.79 Å². The predicted octanol–water partition coefficient (Wildman–Crippen LogP) is 4.84. The monoisotopic (exact) mass is 282 g/mol. The zero-order valence-electron chi connectivity index (χ0n) is 12.8. The van der Waals surface area contributed by atoms with Gasteiger partial charge in [0.2, 0.25) is 0 Å². The molecule has 0 spiro atoms. The van der Waals surface area contributed by atoms with E-state index in [-0.39, 0.29) is 5.97 Å². The van der Waals surface area contributed by atoms with E-state index in [2.05, 4.69) is 56.0 Å². The van der Waals surface area contributed by atoms with Crippen LogP contribution in [0.1, 0.15) is 38.2 Å². The van der Waals surface area contributed by atoms with Crippen LogP contribution >= 0.6 is 0 Å². The molecule has 0 aromatic heterocycles. The van der Waals surface area contributed by atoms with Crippen molar-refractivity contribution in [3.8, 4) is 0 Å². The molecule has 0 aliphatic heterocycles. The van der Waals surface area contributed by atoms with Crippen molar-refractivity contribution >= 4 is 16.7 Å². The van der Waals surface area contributed by atoms with E-state index in [9.17, 15) is 4.79 Å². The molecule has 0 amide bonds. The van der Waals surface area contributed by atoms with Gasteiger partial charge in [0.15, 0.2) is 0 Å². The van der Waals surface area contributed by atoms with E-state index in [0.717, 1.165) is 12.8 Å². The Kier molecular flexibility index (Phi) is 5.15. The lowest BCUT2D eigenvalue weighted by atomic mass is 9.94. The lowest BCUT2D eigenvalue weighted by molar-refractivity contribution is -0.139. The summed E-state index contributed by atoms with van der Waals surface area (Å²) in [6.07, 6.45) is 1.87. The average Bonchev–Trinajstić information content (AvgIpc) is 2.50. The summed E-state index contributed by atoms with van der Waals surface area (Å²) in [6.45, 7) is 7.91. The van der Waals surface area contributed by atoms with E-state index < -0.39 is 0 Å². The van der Waals surface area contributed by atoms with Gasteiger partial charge in [0.1, 0.15) is 0 Å². The molecule has 2 aromatic carbocycles. The van der Waals surface area contributed by atoms with Crippen molar-refractivity contribution in [2.45, 2.75) is 32.6 Å². The molecule has 21 heavy (non-hydrogen) atoms. The Morgan fingerprint density at radius 1 is 1.19 bits per heavy atom. The second kappa shape index (κ2) is 7.07. The van der Waals surface area contributed by atoms with Gasteiger partial charge in [0.05, 0.1) is 6.61 Å². The van der Waals surface area contributed by atoms with E-state index in [1.807, 2.05) is 0 Å². The van der Waals surface area contributed by atoms with Crippen molar-refractivity contribution < 1.29 is 9.53 Å². The minimum Gasteiger partial charge on any atom is -0.462 e. The maximum absolute atomic E-state index is 11.3. The van der Waals surface area contributed by atoms with Crippen LogP contribution in [0.5, 0.6) is 0 Å². The summed E-state index contributed by atoms with van der Waals surface area (Å²) in [5.74, 6) is 0.159. The Balaban J connectivity index is 1.88. The molecule has 0 fully saturated rings. The number of ether oxygens (including phenoxy) is 1. The number of rotatable bonds is 6. The quantitative estimate of drug-likeness (QED) is 0.430. The Morgan fingerprint density at radius 2 is 1.90 bits per heavy atom. The highest BCUT2D eigenvalue weighted by Gasteiger charge is 2.08. The molecule has 1 unspecified atom stereocenters. The minimum atomic E-state index is -0.298. The Bertz CT molecular complexity index is 643. The summed E-state index contributed by atoms with van der Waals surface area (Å²) < 4.78 is 5.12. The van der Waals surface area contributed by atoms with Crippen LogP contribution in [0.25, 0.3) is 10.8 Å². The molecule has 0 N–H and O–H groups in total. The van der Waals surface area contributed by atoms with Crippen LogP contribution in [0.3, 0.4) is 0 Å². The van der Waals surface area contributed by atoms with Crippen LogP contribution < -0.4 is 0 Å². The van der Waals surface area contributed by atoms with Crippen molar-refractivity contribution in [3.63, 3.8) is 0 Å². The third-order valence-electron chi connectivity index (χ3n) is 3.71. The van der Waals surface area contributed by atoms with Gasteiger partial charge in [-0.2, -0.15) is 0 Å². The van der Waals surface area contributed by atoms with Gasteiger partial charge in [-0.3, -0.25) is 0 Å². The standard InChI is InChI=1S/C19H22O2/c1-14(2)19(20)21-12-6-7-15(3)17-11-10-16-8-4-5-9-18(16)13-17/h4-5,8-11,13,15H,1,6-7,12H2,2-3H3. The van der Waals surface area contributed by atoms with Crippen LogP contribution in [-0.4, -0.2) is 12.6 Å². The van der Waals surface area contributed by atoms with Crippen molar-refractivity contribution in [2.24, 2.45) is 0 Å². The van der Waals surface area contributed by atoms with E-state index in [1.165, 1.54) is 16.3 Å². The van der Waals surface area contributed by atoms with Gasteiger partial charge in [-0.05, 0) is 42.0 Å². The first-order chi connectivity index (χ1) is 10.1. The number of hydrogen-bond donors (Lipinski definition) is 0. The molecular formula is C19H22O2. The molecule has 2 aromatic rings. The molecule has 2 heteroatoms. The zero-order valence-corrected chi connectivity index (χ0v) is 12.8. The van der Waals surface area contributed by atoms with E-state index in [0.29, 0.717) is 18.1 Å². The fourth-order valence-corrected chi connectivity index (χ4v) is 2.36. The smallest absolute Gasteiger partial charge is 0.333 e. The highest BCUT2D eigenvalue weighted by molar-refractivity contribution is 5.86. The highest BCUT2D eigenvalue weighted by Crippen LogP contribution is 2.24. The SMILES string of the molecule is C=C(C)C(=O)OCCCC(C)c1ccc2ccccc2c1. The summed E-state index contributed by atoms with van der Waals surface area (Å²) in [6, 6.07) is 15.0. The third-order valence-corrected chi connectivity index (χ3v) is 3.71. The van der Waals surface area contributed by atoms with Crippen LogP contribution in [0, 0.1) is 0 Å². The largest absolute Gasteiger partial charge is 0.462 e. The Labute approximate surface area is 126 Å². The zero-order chi connectivity index (χ0) is 15.2. The molecule has 0 aliphatic carbocycles. The molecule has 0 bridgehead atoms. The lowest BCUT2D eigenvalue weighted by Gasteiger charge is -2.13. The average molecular weight is 282 g/mol. The van der Waals surface area contributed by atoms with Crippen molar-refractivity contribution in [3.05, 3.63) is 60.2 Å². The van der Waals surface area contributed by atoms with Crippen LogP contribution in [0.2, 0.25) is 0 Å². The summed E-state index contributed by atoms with van der Waals surface area (Å²) in [5, 5.41) is 2.54. The topological polar surface area (TPSA) is 26.3 Å². The van der Waals surface area contributed by atoms with E-state index in [4.69, 9.17) is 4.74 Å². The number of carbonyl (C=O) groups is 1. The van der Waals surface area contributed by atoms with Gasteiger partial charge in [-0.1, -0.05) is 56.0 Å². The van der Waals surface area contributed by atoms with Gasteiger partial charge in [-0.15, -0.1) is 0 Å². The minimum absolute atomic E-state index is 0.298. The fraction of sp³-hybridized carbons (Fsp3) is 0.316. The first-order valence-corrected chi connectivity index (χ1v) is 7.39. The van der Waals surface area contributed by atoms with E-state index in [1.54, 1.807) is 6.92 Å². The van der Waals surface area contributed by atoms with Crippen LogP contribution in [0.4, 0.5) is 0 Å². The second-order valence-corrected chi connectivity index (χ2v) is 5.57. The van der Waals surface area contributed by atoms with Gasteiger partial charge in [0.25, 0.3) is 0 Å². The van der Waals surface area contributed by atoms with Gasteiger partial charge in [0, 0.05) is 5.57 Å². The third kappa shape index (κ3) is 4.19. The second-order valence-electron chi connectivity index (χ2n) is 5.57. The number of carbonyl (C=O) groups excluding carboxylic acids is 1. The van der Waals surface area contributed by atoms with E-state index >= 15 is 0 Å². The fourth-order valence-electron chi connectivity index (χ4n) is 2.36. The summed E-state index contributed by atoms with van der Waals surface area (Å²) >= 11 is 0. The molecular weight excluding hydrogens is 260 g/mol. The number of fused-ring (bicyclic) bond motifs is 1. The Morgan fingerprint density at radius 3 is 2.62 bits per heavy atom. The number of esters is 1. The molecule has 0 aliphatic rings. The first kappa shape index (κ1) is 15.3. The molecule has 2 rings (SSSR count). The Hall–Kier alpha value is -2.09. The van der Waals surface area contributed by atoms with Crippen molar-refractivity contribution in [1.82, 2.24) is 0 Å². The summed E-state index contributed by atoms with van der Waals surface area (Å²) in [7, 11) is 0. The first-order valence-electron chi connectivity index (χ1n) is 7.39. The molecule has 0 saturated carbocycles. The van der Waals surface area contributed by atoms with Crippen LogP contribution in [-0.2, 0) is 9.53 Å².